The summed E-state index contributed by atoms with van der Waals surface area (Å²) in [5.74, 6) is -0.276. The number of ketones is 1. The molecule has 0 saturated heterocycles. The van der Waals surface area contributed by atoms with Gasteiger partial charge < -0.3 is 10.1 Å². The number of esters is 1. The minimum absolute atomic E-state index is 0.0415. The van der Waals surface area contributed by atoms with E-state index in [-0.39, 0.29) is 18.8 Å². The molecule has 0 aliphatic carbocycles. The fraction of sp³-hybridized carbons (Fsp3) is 0.211. The molecule has 6 heteroatoms. The van der Waals surface area contributed by atoms with Crippen LogP contribution in [-0.4, -0.2) is 30.0 Å². The van der Waals surface area contributed by atoms with Crippen LogP contribution in [0.25, 0.3) is 0 Å². The standard InChI is InChI=1S/C19H19NO4S/c1-14(21)15-7-9-16(10-8-15)20-18(22)13-24-19(23)11-12-25-17-5-3-2-4-6-17/h2-10H,11-13H2,1H3,(H,20,22). The van der Waals surface area contributed by atoms with Gasteiger partial charge in [-0.3, -0.25) is 14.4 Å². The number of amides is 1. The lowest BCUT2D eigenvalue weighted by Gasteiger charge is -2.07. The van der Waals surface area contributed by atoms with Gasteiger partial charge in [-0.25, -0.2) is 0 Å². The third-order valence-electron chi connectivity index (χ3n) is 3.26. The topological polar surface area (TPSA) is 72.5 Å². The zero-order valence-corrected chi connectivity index (χ0v) is 14.7. The Labute approximate surface area is 150 Å². The quantitative estimate of drug-likeness (QED) is 0.444. The number of rotatable bonds is 8. The van der Waals surface area contributed by atoms with Crippen LogP contribution in [0.5, 0.6) is 0 Å². The van der Waals surface area contributed by atoms with Crippen molar-refractivity contribution in [2.24, 2.45) is 0 Å². The van der Waals surface area contributed by atoms with E-state index >= 15 is 0 Å². The zero-order valence-electron chi connectivity index (χ0n) is 13.9. The number of Topliss-reactive ketones (excluding diaryl/α,β-unsaturated/α-hetero) is 1. The summed E-state index contributed by atoms with van der Waals surface area (Å²) in [5, 5.41) is 2.61. The first-order valence-electron chi connectivity index (χ1n) is 7.79. The minimum atomic E-state index is -0.417. The van der Waals surface area contributed by atoms with Gasteiger partial charge in [-0.2, -0.15) is 0 Å². The summed E-state index contributed by atoms with van der Waals surface area (Å²) in [4.78, 5) is 35.7. The first-order chi connectivity index (χ1) is 12.0. The van der Waals surface area contributed by atoms with Gasteiger partial charge in [0.1, 0.15) is 0 Å². The van der Waals surface area contributed by atoms with Gasteiger partial charge in [-0.15, -0.1) is 11.8 Å². The molecule has 2 rings (SSSR count). The average molecular weight is 357 g/mol. The van der Waals surface area contributed by atoms with Crippen LogP contribution in [-0.2, 0) is 14.3 Å². The van der Waals surface area contributed by atoms with Gasteiger partial charge in [0.05, 0.1) is 6.42 Å². The number of hydrogen-bond acceptors (Lipinski definition) is 5. The summed E-state index contributed by atoms with van der Waals surface area (Å²) < 4.78 is 4.96. The Morgan fingerprint density at radius 1 is 1.00 bits per heavy atom. The maximum Gasteiger partial charge on any atom is 0.307 e. The highest BCUT2D eigenvalue weighted by Gasteiger charge is 2.08. The summed E-state index contributed by atoms with van der Waals surface area (Å²) in [6.07, 6.45) is 0.236. The Kier molecular flexibility index (Phi) is 7.22. The number of thioether (sulfide) groups is 1. The largest absolute Gasteiger partial charge is 0.456 e. The Bertz CT molecular complexity index is 729. The Hall–Kier alpha value is -2.60. The second-order valence-electron chi connectivity index (χ2n) is 5.25. The molecule has 2 aromatic carbocycles. The van der Waals surface area contributed by atoms with E-state index in [1.165, 1.54) is 6.92 Å². The van der Waals surface area contributed by atoms with Crippen molar-refractivity contribution in [3.05, 3.63) is 60.2 Å². The van der Waals surface area contributed by atoms with E-state index in [1.54, 1.807) is 36.0 Å². The Morgan fingerprint density at radius 3 is 2.32 bits per heavy atom. The molecule has 0 aromatic heterocycles. The number of nitrogens with one attached hydrogen (secondary N) is 1. The van der Waals surface area contributed by atoms with Crippen LogP contribution in [0, 0.1) is 0 Å². The second kappa shape index (κ2) is 9.64. The van der Waals surface area contributed by atoms with Crippen molar-refractivity contribution in [1.29, 1.82) is 0 Å². The molecule has 0 saturated carbocycles. The Balaban J connectivity index is 1.66. The predicted molar refractivity (Wildman–Crippen MR) is 97.8 cm³/mol. The summed E-state index contributed by atoms with van der Waals surface area (Å²) in [7, 11) is 0. The van der Waals surface area contributed by atoms with Gasteiger partial charge in [0.25, 0.3) is 5.91 Å². The molecular weight excluding hydrogens is 338 g/mol. The molecule has 1 N–H and O–H groups in total. The van der Waals surface area contributed by atoms with Crippen molar-refractivity contribution in [3.8, 4) is 0 Å². The molecule has 130 valence electrons. The van der Waals surface area contributed by atoms with E-state index in [4.69, 9.17) is 4.74 Å². The van der Waals surface area contributed by atoms with Gasteiger partial charge >= 0.3 is 5.97 Å². The number of benzene rings is 2. The van der Waals surface area contributed by atoms with Crippen LogP contribution in [0.3, 0.4) is 0 Å². The number of hydrogen-bond donors (Lipinski definition) is 1. The first-order valence-corrected chi connectivity index (χ1v) is 8.77. The van der Waals surface area contributed by atoms with Crippen molar-refractivity contribution >= 4 is 35.1 Å². The highest BCUT2D eigenvalue weighted by molar-refractivity contribution is 7.99. The molecule has 5 nitrogen and oxygen atoms in total. The average Bonchev–Trinajstić information content (AvgIpc) is 2.61. The van der Waals surface area contributed by atoms with Crippen molar-refractivity contribution in [1.82, 2.24) is 0 Å². The summed E-state index contributed by atoms with van der Waals surface area (Å²) in [6, 6.07) is 16.3. The number of anilines is 1. The van der Waals surface area contributed by atoms with E-state index in [1.807, 2.05) is 30.3 Å². The zero-order chi connectivity index (χ0) is 18.1. The van der Waals surface area contributed by atoms with Crippen LogP contribution < -0.4 is 5.32 Å². The third kappa shape index (κ3) is 6.81. The highest BCUT2D eigenvalue weighted by Crippen LogP contribution is 2.17. The summed E-state index contributed by atoms with van der Waals surface area (Å²) in [5.41, 5.74) is 1.12. The van der Waals surface area contributed by atoms with Crippen LogP contribution in [0.2, 0.25) is 0 Å². The number of ether oxygens (including phenoxy) is 1. The molecule has 0 spiro atoms. The molecule has 0 radical (unpaired) electrons. The molecule has 2 aromatic rings. The fourth-order valence-corrected chi connectivity index (χ4v) is 2.83. The van der Waals surface area contributed by atoms with Crippen LogP contribution in [0.1, 0.15) is 23.7 Å². The van der Waals surface area contributed by atoms with E-state index in [0.717, 1.165) is 4.90 Å². The Morgan fingerprint density at radius 2 is 1.68 bits per heavy atom. The first kappa shape index (κ1) is 18.7. The molecule has 0 aliphatic rings. The van der Waals surface area contributed by atoms with E-state index < -0.39 is 11.9 Å². The minimum Gasteiger partial charge on any atom is -0.456 e. The molecule has 25 heavy (non-hydrogen) atoms. The summed E-state index contributed by atoms with van der Waals surface area (Å²) >= 11 is 1.56. The lowest BCUT2D eigenvalue weighted by Crippen LogP contribution is -2.21. The van der Waals surface area contributed by atoms with E-state index in [9.17, 15) is 14.4 Å². The highest BCUT2D eigenvalue weighted by atomic mass is 32.2. The number of carbonyl (C=O) groups is 3. The van der Waals surface area contributed by atoms with Crippen molar-refractivity contribution < 1.29 is 19.1 Å². The van der Waals surface area contributed by atoms with Crippen molar-refractivity contribution in [2.75, 3.05) is 17.7 Å². The second-order valence-corrected chi connectivity index (χ2v) is 6.42. The maximum absolute atomic E-state index is 11.8. The molecule has 0 atom stereocenters. The lowest BCUT2D eigenvalue weighted by atomic mass is 10.1. The van der Waals surface area contributed by atoms with Crippen molar-refractivity contribution in [3.63, 3.8) is 0 Å². The molecule has 0 heterocycles. The maximum atomic E-state index is 11.8. The normalized spacial score (nSPS) is 10.1. The van der Waals surface area contributed by atoms with Gasteiger partial charge in [-0.05, 0) is 43.3 Å². The van der Waals surface area contributed by atoms with Crippen LogP contribution in [0.4, 0.5) is 5.69 Å². The molecule has 0 fully saturated rings. The van der Waals surface area contributed by atoms with E-state index in [2.05, 4.69) is 5.32 Å². The lowest BCUT2D eigenvalue weighted by molar-refractivity contribution is -0.146. The van der Waals surface area contributed by atoms with Gasteiger partial charge in [-0.1, -0.05) is 18.2 Å². The van der Waals surface area contributed by atoms with Gasteiger partial charge in [0, 0.05) is 21.9 Å². The SMILES string of the molecule is CC(=O)c1ccc(NC(=O)COC(=O)CCSc2ccccc2)cc1. The van der Waals surface area contributed by atoms with Gasteiger partial charge in [0.2, 0.25) is 0 Å². The van der Waals surface area contributed by atoms with E-state index in [0.29, 0.717) is 17.0 Å². The molecule has 0 unspecified atom stereocenters. The summed E-state index contributed by atoms with van der Waals surface area (Å²) in [6.45, 7) is 1.15. The van der Waals surface area contributed by atoms with Gasteiger partial charge in [0.15, 0.2) is 12.4 Å². The molecule has 0 bridgehead atoms. The van der Waals surface area contributed by atoms with Crippen LogP contribution in [0.15, 0.2) is 59.5 Å². The van der Waals surface area contributed by atoms with Crippen molar-refractivity contribution in [2.45, 2.75) is 18.2 Å². The molecule has 1 amide bonds. The predicted octanol–water partition coefficient (Wildman–Crippen LogP) is 3.55. The number of carbonyl (C=O) groups excluding carboxylic acids is 3. The fourth-order valence-electron chi connectivity index (χ4n) is 1.97. The molecular formula is C19H19NO4S. The monoisotopic (exact) mass is 357 g/mol. The van der Waals surface area contributed by atoms with Crippen LogP contribution >= 0.6 is 11.8 Å². The molecule has 0 aliphatic heterocycles. The smallest absolute Gasteiger partial charge is 0.307 e. The third-order valence-corrected chi connectivity index (χ3v) is 4.27.